The molecule has 1 unspecified atom stereocenters. The molecule has 15 heavy (non-hydrogen) atoms. The molecule has 0 saturated carbocycles. The van der Waals surface area contributed by atoms with Gasteiger partial charge >= 0.3 is 5.97 Å². The first-order chi connectivity index (χ1) is 7.15. The Labute approximate surface area is 96.4 Å². The fraction of sp³-hybridized carbons (Fsp3) is 0.727. The molecule has 0 fully saturated rings. The van der Waals surface area contributed by atoms with Crippen molar-refractivity contribution >= 4 is 17.7 Å². The highest BCUT2D eigenvalue weighted by Gasteiger charge is 2.06. The minimum absolute atomic E-state index is 0.218. The van der Waals surface area contributed by atoms with Gasteiger partial charge in [0.05, 0.1) is 7.11 Å². The summed E-state index contributed by atoms with van der Waals surface area (Å²) in [6, 6.07) is 0. The lowest BCUT2D eigenvalue weighted by molar-refractivity contribution is -0.136. The molecule has 3 nitrogen and oxygen atoms in total. The molecule has 1 atom stereocenters. The molecule has 0 rings (SSSR count). The molecule has 0 saturated heterocycles. The van der Waals surface area contributed by atoms with Gasteiger partial charge < -0.3 is 10.5 Å². The highest BCUT2D eigenvalue weighted by molar-refractivity contribution is 7.99. The first-order valence-electron chi connectivity index (χ1n) is 5.20. The summed E-state index contributed by atoms with van der Waals surface area (Å²) in [6.07, 6.45) is 2.67. The van der Waals surface area contributed by atoms with Crippen LogP contribution in [0.1, 0.15) is 20.3 Å². The van der Waals surface area contributed by atoms with E-state index in [0.29, 0.717) is 12.5 Å². The number of rotatable bonds is 7. The van der Waals surface area contributed by atoms with E-state index in [4.69, 9.17) is 5.73 Å². The summed E-state index contributed by atoms with van der Waals surface area (Å²) in [4.78, 5) is 11.2. The Morgan fingerprint density at radius 3 is 2.73 bits per heavy atom. The fourth-order valence-electron chi connectivity index (χ4n) is 1.000. The number of esters is 1. The van der Waals surface area contributed by atoms with Crippen LogP contribution < -0.4 is 5.73 Å². The molecule has 0 aromatic heterocycles. The van der Waals surface area contributed by atoms with Gasteiger partial charge in [0.25, 0.3) is 0 Å². The quantitative estimate of drug-likeness (QED) is 0.412. The Balaban J connectivity index is 3.86. The van der Waals surface area contributed by atoms with Crippen LogP contribution in [0, 0.1) is 5.92 Å². The lowest BCUT2D eigenvalue weighted by atomic mass is 10.2. The topological polar surface area (TPSA) is 52.3 Å². The third kappa shape index (κ3) is 6.57. The van der Waals surface area contributed by atoms with Gasteiger partial charge in [-0.1, -0.05) is 19.9 Å². The van der Waals surface area contributed by atoms with Crippen molar-refractivity contribution in [1.29, 1.82) is 0 Å². The smallest absolute Gasteiger partial charge is 0.333 e. The Hall–Kier alpha value is -0.480. The van der Waals surface area contributed by atoms with Gasteiger partial charge in [-0.2, -0.15) is 11.8 Å². The normalized spacial score (nSPS) is 13.7. The predicted molar refractivity (Wildman–Crippen MR) is 65.9 cm³/mol. The second kappa shape index (κ2) is 8.80. The molecule has 0 aliphatic rings. The van der Waals surface area contributed by atoms with E-state index in [-0.39, 0.29) is 5.97 Å². The van der Waals surface area contributed by atoms with Crippen molar-refractivity contribution in [3.05, 3.63) is 11.6 Å². The molecule has 0 aromatic rings. The maximum absolute atomic E-state index is 11.2. The number of hydrogen-bond acceptors (Lipinski definition) is 4. The Morgan fingerprint density at radius 2 is 2.27 bits per heavy atom. The van der Waals surface area contributed by atoms with Gasteiger partial charge in [-0.25, -0.2) is 4.79 Å². The molecule has 0 heterocycles. The van der Waals surface area contributed by atoms with Gasteiger partial charge in [-0.05, 0) is 24.6 Å². The van der Waals surface area contributed by atoms with Gasteiger partial charge in [0.1, 0.15) is 0 Å². The summed E-state index contributed by atoms with van der Waals surface area (Å²) >= 11 is 1.79. The largest absolute Gasteiger partial charge is 0.466 e. The molecule has 0 aliphatic carbocycles. The zero-order valence-corrected chi connectivity index (χ0v) is 10.6. The van der Waals surface area contributed by atoms with E-state index in [1.54, 1.807) is 11.8 Å². The van der Waals surface area contributed by atoms with E-state index in [0.717, 1.165) is 23.5 Å². The summed E-state index contributed by atoms with van der Waals surface area (Å²) in [7, 11) is 1.41. The number of carbonyl (C=O) groups excluding carboxylic acids is 1. The standard InChI is InChI=1S/C11H21NO2S/c1-4-10(11(13)14-3)5-6-15-8-9(2)7-12/h5,9H,4,6-8,12H2,1-3H3. The fourth-order valence-corrected chi connectivity index (χ4v) is 1.99. The molecule has 0 bridgehead atoms. The van der Waals surface area contributed by atoms with Crippen LogP contribution in [0.15, 0.2) is 11.6 Å². The van der Waals surface area contributed by atoms with Crippen molar-refractivity contribution in [2.75, 3.05) is 25.2 Å². The Bertz CT molecular complexity index is 217. The summed E-state index contributed by atoms with van der Waals surface area (Å²) in [6.45, 7) is 4.79. The van der Waals surface area contributed by atoms with E-state index < -0.39 is 0 Å². The van der Waals surface area contributed by atoms with Crippen LogP contribution in [0.3, 0.4) is 0 Å². The molecular weight excluding hydrogens is 210 g/mol. The van der Waals surface area contributed by atoms with Crippen LogP contribution in [-0.2, 0) is 9.53 Å². The highest BCUT2D eigenvalue weighted by atomic mass is 32.2. The van der Waals surface area contributed by atoms with Crippen molar-refractivity contribution in [1.82, 2.24) is 0 Å². The highest BCUT2D eigenvalue weighted by Crippen LogP contribution is 2.10. The van der Waals surface area contributed by atoms with E-state index >= 15 is 0 Å². The first kappa shape index (κ1) is 14.5. The van der Waals surface area contributed by atoms with Crippen molar-refractivity contribution in [2.45, 2.75) is 20.3 Å². The monoisotopic (exact) mass is 231 g/mol. The molecular formula is C11H21NO2S. The maximum atomic E-state index is 11.2. The van der Waals surface area contributed by atoms with E-state index in [1.165, 1.54) is 7.11 Å². The summed E-state index contributed by atoms with van der Waals surface area (Å²) in [5.74, 6) is 2.20. The van der Waals surface area contributed by atoms with Crippen LogP contribution >= 0.6 is 11.8 Å². The van der Waals surface area contributed by atoms with Gasteiger partial charge in [-0.15, -0.1) is 0 Å². The SMILES string of the molecule is CCC(=CCSCC(C)CN)C(=O)OC. The minimum Gasteiger partial charge on any atom is -0.466 e. The number of nitrogens with two attached hydrogens (primary N) is 1. The summed E-state index contributed by atoms with van der Waals surface area (Å²) in [5, 5.41) is 0. The number of methoxy groups -OCH3 is 1. The number of thioether (sulfide) groups is 1. The zero-order chi connectivity index (χ0) is 11.7. The molecule has 0 aliphatic heterocycles. The Kier molecular flexibility index (Phi) is 8.52. The Morgan fingerprint density at radius 1 is 1.60 bits per heavy atom. The summed E-state index contributed by atoms with van der Waals surface area (Å²) in [5.41, 5.74) is 6.26. The van der Waals surface area contributed by atoms with Crippen molar-refractivity contribution in [2.24, 2.45) is 11.7 Å². The molecule has 2 N–H and O–H groups in total. The lowest BCUT2D eigenvalue weighted by Gasteiger charge is -2.06. The third-order valence-electron chi connectivity index (χ3n) is 2.08. The van der Waals surface area contributed by atoms with Crippen LogP contribution in [-0.4, -0.2) is 31.1 Å². The number of hydrogen-bond donors (Lipinski definition) is 1. The second-order valence-corrected chi connectivity index (χ2v) is 4.53. The van der Waals surface area contributed by atoms with E-state index in [2.05, 4.69) is 11.7 Å². The zero-order valence-electron chi connectivity index (χ0n) is 9.79. The van der Waals surface area contributed by atoms with Crippen molar-refractivity contribution in [3.63, 3.8) is 0 Å². The molecule has 0 radical (unpaired) electrons. The van der Waals surface area contributed by atoms with Crippen LogP contribution in [0.4, 0.5) is 0 Å². The molecule has 4 heteroatoms. The predicted octanol–water partition coefficient (Wildman–Crippen LogP) is 1.82. The third-order valence-corrected chi connectivity index (χ3v) is 3.29. The average Bonchev–Trinajstić information content (AvgIpc) is 2.27. The van der Waals surface area contributed by atoms with Crippen LogP contribution in [0.2, 0.25) is 0 Å². The molecule has 88 valence electrons. The minimum atomic E-state index is -0.218. The molecule has 0 spiro atoms. The number of ether oxygens (including phenoxy) is 1. The van der Waals surface area contributed by atoms with Gasteiger partial charge in [0, 0.05) is 11.3 Å². The maximum Gasteiger partial charge on any atom is 0.333 e. The lowest BCUT2D eigenvalue weighted by Crippen LogP contribution is -2.13. The summed E-state index contributed by atoms with van der Waals surface area (Å²) < 4.78 is 4.67. The molecule has 0 amide bonds. The van der Waals surface area contributed by atoms with Crippen molar-refractivity contribution < 1.29 is 9.53 Å². The number of carbonyl (C=O) groups is 1. The first-order valence-corrected chi connectivity index (χ1v) is 6.36. The second-order valence-electron chi connectivity index (χ2n) is 3.45. The van der Waals surface area contributed by atoms with Gasteiger partial charge in [-0.3, -0.25) is 0 Å². The van der Waals surface area contributed by atoms with E-state index in [1.807, 2.05) is 13.0 Å². The van der Waals surface area contributed by atoms with Crippen LogP contribution in [0.5, 0.6) is 0 Å². The van der Waals surface area contributed by atoms with E-state index in [9.17, 15) is 4.79 Å². The van der Waals surface area contributed by atoms with Crippen LogP contribution in [0.25, 0.3) is 0 Å². The van der Waals surface area contributed by atoms with Crippen molar-refractivity contribution in [3.8, 4) is 0 Å². The van der Waals surface area contributed by atoms with Gasteiger partial charge in [0.2, 0.25) is 0 Å². The molecule has 0 aromatic carbocycles. The van der Waals surface area contributed by atoms with Gasteiger partial charge in [0.15, 0.2) is 0 Å². The average molecular weight is 231 g/mol.